The molecule has 3 fully saturated rings. The number of benzene rings is 1. The van der Waals surface area contributed by atoms with E-state index in [9.17, 15) is 19.2 Å². The van der Waals surface area contributed by atoms with E-state index < -0.39 is 18.1 Å². The third-order valence-electron chi connectivity index (χ3n) is 13.2. The van der Waals surface area contributed by atoms with Crippen molar-refractivity contribution in [3.05, 3.63) is 63.9 Å². The molecule has 2 N–H and O–H groups in total. The SMILES string of the molecule is COC(=O)C[C@H](C(=O)N1CCC[C@H]1C1=NC=C(C#Cc2ccc(C#Cc3cnc([C@@H]4CCCN4C(=O)[C@@H](NC(=O)OC)C(C)C)[nH]3)c3c2C2(CCCC2)CC3)C1)C(C)C. The second-order valence-corrected chi connectivity index (χ2v) is 17.5. The molecule has 0 bridgehead atoms. The molecule has 12 heteroatoms. The molecule has 3 aliphatic heterocycles. The molecular formula is C47H58N6O6. The molecule has 1 spiro atoms. The van der Waals surface area contributed by atoms with E-state index in [0.29, 0.717) is 31.0 Å². The number of esters is 1. The van der Waals surface area contributed by atoms with Crippen LogP contribution in [0.4, 0.5) is 4.79 Å². The molecule has 1 aromatic carbocycles. The third kappa shape index (κ3) is 8.69. The lowest BCUT2D eigenvalue weighted by Gasteiger charge is -2.30. The number of carbonyl (C=O) groups is 4. The first kappa shape index (κ1) is 41.8. The van der Waals surface area contributed by atoms with E-state index in [2.05, 4.69) is 51.1 Å². The second-order valence-electron chi connectivity index (χ2n) is 17.5. The van der Waals surface area contributed by atoms with Crippen molar-refractivity contribution in [2.24, 2.45) is 22.7 Å². The summed E-state index contributed by atoms with van der Waals surface area (Å²) in [6.07, 6.45) is 13.9. The zero-order chi connectivity index (χ0) is 41.8. The highest BCUT2D eigenvalue weighted by Gasteiger charge is 2.44. The largest absolute Gasteiger partial charge is 0.469 e. The number of hydrogen-bond donors (Lipinski definition) is 2. The van der Waals surface area contributed by atoms with E-state index in [1.807, 2.05) is 38.8 Å². The number of methoxy groups -OCH3 is 2. The van der Waals surface area contributed by atoms with Crippen LogP contribution in [0.25, 0.3) is 0 Å². The van der Waals surface area contributed by atoms with Crippen molar-refractivity contribution in [1.29, 1.82) is 0 Å². The van der Waals surface area contributed by atoms with Gasteiger partial charge in [-0.25, -0.2) is 9.78 Å². The average Bonchev–Trinajstić information content (AvgIpc) is 4.09. The average molecular weight is 803 g/mol. The molecule has 2 aromatic rings. The summed E-state index contributed by atoms with van der Waals surface area (Å²) in [5.74, 6) is 13.5. The molecule has 2 saturated heterocycles. The minimum absolute atomic E-state index is 0.00213. The van der Waals surface area contributed by atoms with Crippen molar-refractivity contribution in [2.45, 2.75) is 128 Å². The Labute approximate surface area is 348 Å². The fourth-order valence-corrected chi connectivity index (χ4v) is 10.0. The smallest absolute Gasteiger partial charge is 0.407 e. The molecule has 4 atom stereocenters. The third-order valence-corrected chi connectivity index (χ3v) is 13.2. The van der Waals surface area contributed by atoms with Crippen LogP contribution in [0.15, 0.2) is 35.1 Å². The van der Waals surface area contributed by atoms with Crippen molar-refractivity contribution in [3.63, 3.8) is 0 Å². The molecule has 1 aromatic heterocycles. The van der Waals surface area contributed by atoms with Crippen molar-refractivity contribution in [1.82, 2.24) is 25.1 Å². The van der Waals surface area contributed by atoms with Gasteiger partial charge in [-0.3, -0.25) is 19.4 Å². The van der Waals surface area contributed by atoms with E-state index in [4.69, 9.17) is 14.5 Å². The zero-order valence-electron chi connectivity index (χ0n) is 35.4. The van der Waals surface area contributed by atoms with Crippen LogP contribution < -0.4 is 5.32 Å². The Morgan fingerprint density at radius 3 is 2.25 bits per heavy atom. The molecule has 12 nitrogen and oxygen atoms in total. The Morgan fingerprint density at radius 1 is 0.864 bits per heavy atom. The molecule has 312 valence electrons. The Morgan fingerprint density at radius 2 is 1.56 bits per heavy atom. The molecule has 4 heterocycles. The van der Waals surface area contributed by atoms with Crippen LogP contribution in [-0.2, 0) is 35.7 Å². The zero-order valence-corrected chi connectivity index (χ0v) is 35.4. The molecule has 7 rings (SSSR count). The standard InChI is InChI=1S/C47H58N6O6/c1-29(2)36(26-40(54)58-5)44(55)52-23-9-11-38(52)37-25-31(27-48-37)13-14-33-16-15-32(35-19-22-47(41(33)35)20-7-8-21-47)17-18-34-28-49-43(50-34)39-12-10-24-53(39)45(56)42(30(3)4)51-46(57)59-6/h15-16,27-30,36,38-39,42H,7-12,19-26H2,1-6H3,(H,49,50)(H,51,57)/t36-,38-,39-,42-/m0/s1. The number of fused-ring (bicyclic) bond motifs is 2. The Bertz CT molecular complexity index is 2150. The van der Waals surface area contributed by atoms with Gasteiger partial charge in [-0.2, -0.15) is 0 Å². The van der Waals surface area contributed by atoms with Crippen LogP contribution in [0.2, 0.25) is 0 Å². The number of allylic oxidation sites excluding steroid dienone is 1. The predicted molar refractivity (Wildman–Crippen MR) is 224 cm³/mol. The van der Waals surface area contributed by atoms with Gasteiger partial charge in [-0.05, 0) is 97.8 Å². The van der Waals surface area contributed by atoms with Gasteiger partial charge in [0.25, 0.3) is 0 Å². The summed E-state index contributed by atoms with van der Waals surface area (Å²) in [6, 6.07) is 3.23. The quantitative estimate of drug-likeness (QED) is 0.217. The van der Waals surface area contributed by atoms with Crippen LogP contribution in [0, 0.1) is 41.4 Å². The number of hydrogen-bond acceptors (Lipinski definition) is 8. The number of imidazole rings is 1. The van der Waals surface area contributed by atoms with Gasteiger partial charge < -0.3 is 29.6 Å². The van der Waals surface area contributed by atoms with Gasteiger partial charge in [0.05, 0.1) is 44.8 Å². The Hall–Kier alpha value is -5.36. The molecule has 0 unspecified atom stereocenters. The summed E-state index contributed by atoms with van der Waals surface area (Å²) >= 11 is 0. The lowest BCUT2D eigenvalue weighted by Crippen LogP contribution is -2.51. The summed E-state index contributed by atoms with van der Waals surface area (Å²) in [7, 11) is 2.66. The minimum Gasteiger partial charge on any atom is -0.469 e. The number of ether oxygens (including phenoxy) is 2. The topological polar surface area (TPSA) is 146 Å². The summed E-state index contributed by atoms with van der Waals surface area (Å²) in [4.78, 5) is 68.1. The molecule has 1 saturated carbocycles. The van der Waals surface area contributed by atoms with Gasteiger partial charge >= 0.3 is 12.1 Å². The molecular weight excluding hydrogens is 745 g/mol. The highest BCUT2D eigenvalue weighted by Crippen LogP contribution is 2.52. The lowest BCUT2D eigenvalue weighted by atomic mass is 9.77. The predicted octanol–water partition coefficient (Wildman–Crippen LogP) is 6.52. The van der Waals surface area contributed by atoms with Crippen LogP contribution in [0.5, 0.6) is 0 Å². The van der Waals surface area contributed by atoms with Crippen LogP contribution in [-0.4, -0.2) is 88.7 Å². The molecule has 2 aliphatic carbocycles. The number of aliphatic imine (C=N–C) groups is 1. The highest BCUT2D eigenvalue weighted by atomic mass is 16.5. The van der Waals surface area contributed by atoms with Gasteiger partial charge in [0.15, 0.2) is 0 Å². The van der Waals surface area contributed by atoms with Gasteiger partial charge in [-0.15, -0.1) is 0 Å². The van der Waals surface area contributed by atoms with Crippen molar-refractivity contribution < 1.29 is 28.7 Å². The first-order valence-corrected chi connectivity index (χ1v) is 21.5. The summed E-state index contributed by atoms with van der Waals surface area (Å²) in [6.45, 7) is 9.02. The van der Waals surface area contributed by atoms with Gasteiger partial charge in [0.2, 0.25) is 11.8 Å². The molecule has 59 heavy (non-hydrogen) atoms. The van der Waals surface area contributed by atoms with E-state index in [1.165, 1.54) is 38.2 Å². The number of aromatic nitrogens is 2. The number of rotatable bonds is 9. The van der Waals surface area contributed by atoms with E-state index in [1.54, 1.807) is 11.1 Å². The first-order chi connectivity index (χ1) is 28.4. The van der Waals surface area contributed by atoms with Crippen LogP contribution in [0.1, 0.15) is 138 Å². The van der Waals surface area contributed by atoms with Gasteiger partial charge in [0, 0.05) is 48.1 Å². The number of aromatic amines is 1. The molecule has 3 amide bonds. The van der Waals surface area contributed by atoms with Crippen molar-refractivity contribution in [2.75, 3.05) is 27.3 Å². The van der Waals surface area contributed by atoms with Crippen LogP contribution >= 0.6 is 0 Å². The van der Waals surface area contributed by atoms with Crippen molar-refractivity contribution in [3.8, 4) is 23.7 Å². The second kappa shape index (κ2) is 17.9. The Kier molecular flexibility index (Phi) is 12.7. The number of nitrogens with one attached hydrogen (secondary N) is 2. The minimum atomic E-state index is -0.695. The number of alkyl carbamates (subject to hydrolysis) is 1. The number of likely N-dealkylation sites (tertiary alicyclic amines) is 2. The molecule has 0 radical (unpaired) electrons. The Balaban J connectivity index is 1.07. The van der Waals surface area contributed by atoms with Crippen LogP contribution in [0.3, 0.4) is 0 Å². The van der Waals surface area contributed by atoms with E-state index in [-0.39, 0.29) is 53.5 Å². The fourth-order valence-electron chi connectivity index (χ4n) is 10.0. The van der Waals surface area contributed by atoms with E-state index >= 15 is 0 Å². The maximum absolute atomic E-state index is 13.7. The normalized spacial score (nSPS) is 21.4. The van der Waals surface area contributed by atoms with E-state index in [0.717, 1.165) is 73.8 Å². The number of carbonyl (C=O) groups excluding carboxylic acids is 4. The maximum atomic E-state index is 13.7. The maximum Gasteiger partial charge on any atom is 0.407 e. The number of amides is 3. The highest BCUT2D eigenvalue weighted by molar-refractivity contribution is 5.98. The lowest BCUT2D eigenvalue weighted by molar-refractivity contribution is -0.148. The monoisotopic (exact) mass is 802 g/mol. The summed E-state index contributed by atoms with van der Waals surface area (Å²) < 4.78 is 9.68. The summed E-state index contributed by atoms with van der Waals surface area (Å²) in [5.41, 5.74) is 7.46. The van der Waals surface area contributed by atoms with Crippen molar-refractivity contribution >= 4 is 29.6 Å². The van der Waals surface area contributed by atoms with Gasteiger partial charge in [0.1, 0.15) is 17.6 Å². The number of nitrogens with zero attached hydrogens (tertiary/aromatic N) is 4. The summed E-state index contributed by atoms with van der Waals surface area (Å²) in [5, 5.41) is 2.71. The number of H-pyrrole nitrogens is 1. The van der Waals surface area contributed by atoms with Gasteiger partial charge in [-0.1, -0.05) is 58.3 Å². The molecule has 5 aliphatic rings. The first-order valence-electron chi connectivity index (χ1n) is 21.5. The fraction of sp³-hybridized carbons (Fsp3) is 0.574.